The number of hydrogen-bond donors (Lipinski definition) is 2. The number of nitrogens with zero attached hydrogens (tertiary/aromatic N) is 2. The molecule has 0 atom stereocenters. The number of carbonyl (C=O) groups excluding carboxylic acids is 1. The molecule has 0 aromatic carbocycles. The number of piperidine rings is 1. The minimum absolute atomic E-state index is 0.0670. The Morgan fingerprint density at radius 1 is 1.44 bits per heavy atom. The predicted molar refractivity (Wildman–Crippen MR) is 69.5 cm³/mol. The standard InChI is InChI=1S/C13H19N3O2/c1-13(18)6-8-16(9-7-13)12(17)10-4-3-5-11(14-2)15-10/h3-5,18H,6-9H2,1-2H3,(H,14,15). The first-order valence-electron chi connectivity index (χ1n) is 6.18. The van der Waals surface area contributed by atoms with Gasteiger partial charge in [-0.1, -0.05) is 6.07 Å². The maximum atomic E-state index is 12.2. The van der Waals surface area contributed by atoms with Crippen LogP contribution in [0.25, 0.3) is 0 Å². The Bertz CT molecular complexity index is 436. The van der Waals surface area contributed by atoms with Gasteiger partial charge in [0, 0.05) is 20.1 Å². The number of likely N-dealkylation sites (tertiary alicyclic amines) is 1. The molecule has 18 heavy (non-hydrogen) atoms. The number of carbonyl (C=O) groups is 1. The number of aromatic nitrogens is 1. The number of rotatable bonds is 2. The molecular formula is C13H19N3O2. The molecule has 1 aromatic rings. The van der Waals surface area contributed by atoms with E-state index in [1.165, 1.54) is 0 Å². The van der Waals surface area contributed by atoms with Gasteiger partial charge in [0.05, 0.1) is 5.60 Å². The van der Waals surface area contributed by atoms with Crippen molar-refractivity contribution in [3.8, 4) is 0 Å². The predicted octanol–water partition coefficient (Wildman–Crippen LogP) is 1.11. The smallest absolute Gasteiger partial charge is 0.272 e. The van der Waals surface area contributed by atoms with Crippen LogP contribution in [-0.2, 0) is 0 Å². The number of hydrogen-bond acceptors (Lipinski definition) is 4. The van der Waals surface area contributed by atoms with Crippen LogP contribution in [-0.4, -0.2) is 46.6 Å². The summed E-state index contributed by atoms with van der Waals surface area (Å²) >= 11 is 0. The second-order valence-corrected chi connectivity index (χ2v) is 4.95. The first-order chi connectivity index (χ1) is 8.52. The molecule has 5 heteroatoms. The van der Waals surface area contributed by atoms with Gasteiger partial charge in [0.1, 0.15) is 11.5 Å². The highest BCUT2D eigenvalue weighted by molar-refractivity contribution is 5.92. The minimum atomic E-state index is -0.642. The highest BCUT2D eigenvalue weighted by Crippen LogP contribution is 2.22. The normalized spacial score (nSPS) is 18.5. The molecular weight excluding hydrogens is 230 g/mol. The lowest BCUT2D eigenvalue weighted by atomic mass is 9.94. The largest absolute Gasteiger partial charge is 0.390 e. The third kappa shape index (κ3) is 2.79. The Balaban J connectivity index is 2.07. The van der Waals surface area contributed by atoms with E-state index in [0.29, 0.717) is 37.4 Å². The zero-order chi connectivity index (χ0) is 13.2. The number of nitrogens with one attached hydrogen (secondary N) is 1. The fourth-order valence-corrected chi connectivity index (χ4v) is 2.05. The van der Waals surface area contributed by atoms with E-state index in [9.17, 15) is 9.90 Å². The van der Waals surface area contributed by atoms with Crippen molar-refractivity contribution in [1.29, 1.82) is 0 Å². The van der Waals surface area contributed by atoms with Gasteiger partial charge in [-0.2, -0.15) is 0 Å². The SMILES string of the molecule is CNc1cccc(C(=O)N2CCC(C)(O)CC2)n1. The number of aliphatic hydroxyl groups is 1. The Labute approximate surface area is 107 Å². The molecule has 1 aliphatic rings. The van der Waals surface area contributed by atoms with E-state index in [1.54, 1.807) is 18.0 Å². The quantitative estimate of drug-likeness (QED) is 0.824. The van der Waals surface area contributed by atoms with Gasteiger partial charge in [-0.15, -0.1) is 0 Å². The molecule has 0 unspecified atom stereocenters. The zero-order valence-electron chi connectivity index (χ0n) is 10.8. The molecule has 1 amide bonds. The monoisotopic (exact) mass is 249 g/mol. The lowest BCUT2D eigenvalue weighted by molar-refractivity contribution is -0.00218. The summed E-state index contributed by atoms with van der Waals surface area (Å²) in [6, 6.07) is 5.35. The number of anilines is 1. The Hall–Kier alpha value is -1.62. The Morgan fingerprint density at radius 3 is 2.72 bits per heavy atom. The zero-order valence-corrected chi connectivity index (χ0v) is 10.8. The second-order valence-electron chi connectivity index (χ2n) is 4.95. The van der Waals surface area contributed by atoms with Crippen LogP contribution in [0.1, 0.15) is 30.3 Å². The summed E-state index contributed by atoms with van der Waals surface area (Å²) in [4.78, 5) is 18.2. The van der Waals surface area contributed by atoms with Gasteiger partial charge in [0.2, 0.25) is 0 Å². The molecule has 1 aromatic heterocycles. The summed E-state index contributed by atoms with van der Waals surface area (Å²) in [5, 5.41) is 12.8. The summed E-state index contributed by atoms with van der Waals surface area (Å²) in [5.74, 6) is 0.618. The van der Waals surface area contributed by atoms with Crippen molar-refractivity contribution in [1.82, 2.24) is 9.88 Å². The summed E-state index contributed by atoms with van der Waals surface area (Å²) in [5.41, 5.74) is -0.194. The molecule has 2 heterocycles. The molecule has 2 rings (SSSR count). The third-order valence-corrected chi connectivity index (χ3v) is 3.35. The van der Waals surface area contributed by atoms with Gasteiger partial charge in [-0.05, 0) is 31.9 Å². The van der Waals surface area contributed by atoms with Crippen LogP contribution in [0.15, 0.2) is 18.2 Å². The minimum Gasteiger partial charge on any atom is -0.390 e. The fourth-order valence-electron chi connectivity index (χ4n) is 2.05. The van der Waals surface area contributed by atoms with Crippen molar-refractivity contribution >= 4 is 11.7 Å². The van der Waals surface area contributed by atoms with E-state index in [1.807, 2.05) is 19.1 Å². The van der Waals surface area contributed by atoms with Gasteiger partial charge in [-0.3, -0.25) is 4.79 Å². The molecule has 0 saturated carbocycles. The van der Waals surface area contributed by atoms with Crippen molar-refractivity contribution in [2.24, 2.45) is 0 Å². The molecule has 1 fully saturated rings. The first kappa shape index (κ1) is 12.8. The van der Waals surface area contributed by atoms with Crippen molar-refractivity contribution in [2.75, 3.05) is 25.5 Å². The van der Waals surface area contributed by atoms with Gasteiger partial charge >= 0.3 is 0 Å². The average Bonchev–Trinajstić information content (AvgIpc) is 2.38. The number of pyridine rings is 1. The molecule has 0 aliphatic carbocycles. The number of amides is 1. The summed E-state index contributed by atoms with van der Waals surface area (Å²) in [6.07, 6.45) is 1.23. The maximum Gasteiger partial charge on any atom is 0.272 e. The molecule has 0 bridgehead atoms. The third-order valence-electron chi connectivity index (χ3n) is 3.35. The van der Waals surface area contributed by atoms with E-state index in [2.05, 4.69) is 10.3 Å². The van der Waals surface area contributed by atoms with Crippen molar-refractivity contribution in [3.63, 3.8) is 0 Å². The van der Waals surface area contributed by atoms with Crippen LogP contribution < -0.4 is 5.32 Å². The Kier molecular flexibility index (Phi) is 3.52. The van der Waals surface area contributed by atoms with Crippen molar-refractivity contribution < 1.29 is 9.90 Å². The van der Waals surface area contributed by atoms with Crippen LogP contribution in [0.3, 0.4) is 0 Å². The van der Waals surface area contributed by atoms with Gasteiger partial charge < -0.3 is 15.3 Å². The molecule has 1 aliphatic heterocycles. The molecule has 1 saturated heterocycles. The lowest BCUT2D eigenvalue weighted by Gasteiger charge is -2.35. The van der Waals surface area contributed by atoms with Crippen LogP contribution in [0.5, 0.6) is 0 Å². The van der Waals surface area contributed by atoms with Crippen molar-refractivity contribution in [3.05, 3.63) is 23.9 Å². The van der Waals surface area contributed by atoms with E-state index in [-0.39, 0.29) is 5.91 Å². The summed E-state index contributed by atoms with van der Waals surface area (Å²) in [6.45, 7) is 2.98. The molecule has 98 valence electrons. The molecule has 5 nitrogen and oxygen atoms in total. The van der Waals surface area contributed by atoms with Crippen LogP contribution in [0, 0.1) is 0 Å². The van der Waals surface area contributed by atoms with Gasteiger partial charge in [0.15, 0.2) is 0 Å². The fraction of sp³-hybridized carbons (Fsp3) is 0.538. The van der Waals surface area contributed by atoms with Gasteiger partial charge in [-0.25, -0.2) is 4.98 Å². The maximum absolute atomic E-state index is 12.2. The van der Waals surface area contributed by atoms with E-state index >= 15 is 0 Å². The molecule has 0 spiro atoms. The highest BCUT2D eigenvalue weighted by Gasteiger charge is 2.30. The summed E-state index contributed by atoms with van der Waals surface area (Å²) < 4.78 is 0. The highest BCUT2D eigenvalue weighted by atomic mass is 16.3. The first-order valence-corrected chi connectivity index (χ1v) is 6.18. The molecule has 0 radical (unpaired) electrons. The second kappa shape index (κ2) is 4.94. The summed E-state index contributed by atoms with van der Waals surface area (Å²) in [7, 11) is 1.77. The van der Waals surface area contributed by atoms with E-state index in [0.717, 1.165) is 0 Å². The van der Waals surface area contributed by atoms with E-state index in [4.69, 9.17) is 0 Å². The average molecular weight is 249 g/mol. The van der Waals surface area contributed by atoms with Crippen LogP contribution in [0.4, 0.5) is 5.82 Å². The van der Waals surface area contributed by atoms with Crippen molar-refractivity contribution in [2.45, 2.75) is 25.4 Å². The van der Waals surface area contributed by atoms with Gasteiger partial charge in [0.25, 0.3) is 5.91 Å². The topological polar surface area (TPSA) is 65.5 Å². The van der Waals surface area contributed by atoms with Crippen LogP contribution in [0.2, 0.25) is 0 Å². The van der Waals surface area contributed by atoms with Crippen LogP contribution >= 0.6 is 0 Å². The van der Waals surface area contributed by atoms with E-state index < -0.39 is 5.60 Å². The Morgan fingerprint density at radius 2 is 2.11 bits per heavy atom. The lowest BCUT2D eigenvalue weighted by Crippen LogP contribution is -2.45. The molecule has 2 N–H and O–H groups in total.